The summed E-state index contributed by atoms with van der Waals surface area (Å²) in [6.07, 6.45) is -3.75. The number of phosphoric acid groups is 1. The molecule has 0 saturated carbocycles. The molecule has 3 aliphatic rings. The van der Waals surface area contributed by atoms with Crippen LogP contribution in [0.25, 0.3) is 0 Å². The van der Waals surface area contributed by atoms with Crippen LogP contribution in [-0.2, 0) is 75.5 Å². The summed E-state index contributed by atoms with van der Waals surface area (Å²) in [4.78, 5) is 71.4. The maximum atomic E-state index is 12.7. The highest BCUT2D eigenvalue weighted by atomic mass is 31.2. The van der Waals surface area contributed by atoms with Crippen LogP contribution in [0.15, 0.2) is 12.2 Å². The van der Waals surface area contributed by atoms with E-state index in [0.717, 1.165) is 52.4 Å². The number of carbonyl (C=O) groups excluding carboxylic acids is 5. The van der Waals surface area contributed by atoms with Gasteiger partial charge in [0.05, 0.1) is 39.1 Å². The third kappa shape index (κ3) is 28.4. The second-order valence-corrected chi connectivity index (χ2v) is 22.5. The number of allylic oxidation sites excluding steroid dienone is 2. The van der Waals surface area contributed by atoms with E-state index in [1.165, 1.54) is 45.4 Å². The standard InChI is InChI=1S/C54H96N3O25P/c1-5-6-7-8-9-10-11-12-13-14-15-16-17-18-19-25-42(64)74-32-37(78-36(4)61)33-76-83(71,72)75-29-27-56-41(63)24-21-20-23-40(62)55-26-22-28-73-54-51(82-53-49(70)48(69)44(65)34(2)77-53)50(46(67)39(31-59)80-54)81-52-43(57-35(3)60)47(68)45(66)38(30-58)79-52/h12-13,34,37-39,43-54,58-59,65-70H,5-11,14-33H2,1-4H3,(H,55,62)(H,56,63)(H,57,60)(H,71,72)/b13-12+/t34-,37?,38+,39?,43?,44+,45-,46?,47?,48+,49-,50?,51+,52+,53-,54+/m0/s1. The van der Waals surface area contributed by atoms with Crippen molar-refractivity contribution >= 4 is 37.5 Å². The Balaban J connectivity index is 1.36. The van der Waals surface area contributed by atoms with E-state index in [1.807, 2.05) is 0 Å². The van der Waals surface area contributed by atoms with Crippen LogP contribution in [0.3, 0.4) is 0 Å². The second-order valence-electron chi connectivity index (χ2n) is 21.0. The summed E-state index contributed by atoms with van der Waals surface area (Å²) < 4.78 is 68.0. The molecule has 0 spiro atoms. The molecular formula is C54H96N3O25P. The zero-order valence-corrected chi connectivity index (χ0v) is 49.4. The minimum atomic E-state index is -4.68. The molecule has 83 heavy (non-hydrogen) atoms. The van der Waals surface area contributed by atoms with E-state index >= 15 is 0 Å². The molecule has 3 aliphatic heterocycles. The van der Waals surface area contributed by atoms with Crippen molar-refractivity contribution in [2.75, 3.05) is 52.7 Å². The Morgan fingerprint density at radius 2 is 1.16 bits per heavy atom. The van der Waals surface area contributed by atoms with E-state index in [4.69, 9.17) is 46.9 Å². The molecule has 0 radical (unpaired) electrons. The Labute approximate surface area is 486 Å². The van der Waals surface area contributed by atoms with Gasteiger partial charge in [0.15, 0.2) is 25.0 Å². The van der Waals surface area contributed by atoms with Gasteiger partial charge in [0.25, 0.3) is 0 Å². The zero-order valence-electron chi connectivity index (χ0n) is 48.5. The van der Waals surface area contributed by atoms with Crippen LogP contribution < -0.4 is 16.0 Å². The summed E-state index contributed by atoms with van der Waals surface area (Å²) >= 11 is 0. The Morgan fingerprint density at radius 3 is 1.77 bits per heavy atom. The van der Waals surface area contributed by atoms with Gasteiger partial charge >= 0.3 is 19.8 Å². The first kappa shape index (κ1) is 73.9. The fourth-order valence-corrected chi connectivity index (χ4v) is 10.0. The lowest BCUT2D eigenvalue weighted by Crippen LogP contribution is -2.68. The molecule has 12 N–H and O–H groups in total. The number of rotatable bonds is 42. The molecule has 3 amide bonds. The van der Waals surface area contributed by atoms with Gasteiger partial charge in [0, 0.05) is 46.2 Å². The number of nitrogens with one attached hydrogen (secondary N) is 3. The first-order chi connectivity index (χ1) is 39.6. The van der Waals surface area contributed by atoms with Gasteiger partial charge in [-0.1, -0.05) is 70.4 Å². The van der Waals surface area contributed by atoms with Gasteiger partial charge in [-0.2, -0.15) is 0 Å². The van der Waals surface area contributed by atoms with Crippen molar-refractivity contribution in [3.8, 4) is 0 Å². The minimum absolute atomic E-state index is 0.0139. The van der Waals surface area contributed by atoms with Crippen LogP contribution in [0.1, 0.15) is 150 Å². The number of aliphatic hydroxyl groups is 8. The number of aliphatic hydroxyl groups excluding tert-OH is 8. The first-order valence-corrected chi connectivity index (χ1v) is 30.7. The summed E-state index contributed by atoms with van der Waals surface area (Å²) in [6, 6.07) is -1.49. The monoisotopic (exact) mass is 1220 g/mol. The molecule has 3 fully saturated rings. The van der Waals surface area contributed by atoms with Crippen molar-refractivity contribution in [2.24, 2.45) is 0 Å². The van der Waals surface area contributed by atoms with Crippen molar-refractivity contribution in [2.45, 2.75) is 248 Å². The van der Waals surface area contributed by atoms with Crippen LogP contribution in [-0.4, -0.2) is 226 Å². The molecule has 482 valence electrons. The van der Waals surface area contributed by atoms with E-state index < -0.39 is 163 Å². The van der Waals surface area contributed by atoms with Gasteiger partial charge in [-0.3, -0.25) is 33.0 Å². The van der Waals surface area contributed by atoms with Crippen molar-refractivity contribution in [3.63, 3.8) is 0 Å². The Kier molecular flexibility index (Phi) is 36.4. The highest BCUT2D eigenvalue weighted by molar-refractivity contribution is 7.47. The smallest absolute Gasteiger partial charge is 0.462 e. The van der Waals surface area contributed by atoms with Crippen molar-refractivity contribution in [1.82, 2.24) is 16.0 Å². The third-order valence-corrected chi connectivity index (χ3v) is 14.9. The van der Waals surface area contributed by atoms with E-state index in [0.29, 0.717) is 19.3 Å². The molecule has 0 aromatic rings. The fraction of sp³-hybridized carbons (Fsp3) is 0.870. The average molecular weight is 1220 g/mol. The summed E-state index contributed by atoms with van der Waals surface area (Å²) in [5, 5.41) is 92.2. The number of carbonyl (C=O) groups is 5. The van der Waals surface area contributed by atoms with E-state index in [-0.39, 0.29) is 51.3 Å². The molecule has 28 nitrogen and oxygen atoms in total. The van der Waals surface area contributed by atoms with Gasteiger partial charge in [-0.25, -0.2) is 4.57 Å². The number of hydrogen-bond acceptors (Lipinski definition) is 24. The third-order valence-electron chi connectivity index (χ3n) is 13.9. The molecule has 3 saturated heterocycles. The first-order valence-electron chi connectivity index (χ1n) is 29.2. The van der Waals surface area contributed by atoms with Gasteiger partial charge in [-0.05, 0) is 58.3 Å². The summed E-state index contributed by atoms with van der Waals surface area (Å²) in [7, 11) is -4.68. The van der Waals surface area contributed by atoms with E-state index in [1.54, 1.807) is 0 Å². The molecule has 0 aromatic carbocycles. The average Bonchev–Trinajstić information content (AvgIpc) is 3.64. The molecule has 0 bridgehead atoms. The number of phosphoric ester groups is 1. The summed E-state index contributed by atoms with van der Waals surface area (Å²) in [5.41, 5.74) is 0. The Morgan fingerprint density at radius 1 is 0.590 bits per heavy atom. The van der Waals surface area contributed by atoms with Crippen LogP contribution in [0.4, 0.5) is 0 Å². The molecule has 17 atom stereocenters. The lowest BCUT2D eigenvalue weighted by Gasteiger charge is -2.49. The van der Waals surface area contributed by atoms with Crippen molar-refractivity contribution in [3.05, 3.63) is 12.2 Å². The fourth-order valence-electron chi connectivity index (χ4n) is 9.26. The molecule has 0 aromatic heterocycles. The predicted octanol–water partition coefficient (Wildman–Crippen LogP) is 0.452. The maximum absolute atomic E-state index is 12.7. The molecule has 0 aliphatic carbocycles. The largest absolute Gasteiger partial charge is 0.472 e. The van der Waals surface area contributed by atoms with E-state index in [2.05, 4.69) is 35.0 Å². The quantitative estimate of drug-likeness (QED) is 0.0171. The lowest BCUT2D eigenvalue weighted by molar-refractivity contribution is -0.385. The molecule has 3 rings (SSSR count). The topological polar surface area (TPSA) is 413 Å². The molecule has 29 heteroatoms. The number of unbranched alkanes of at least 4 members (excludes halogenated alkanes) is 12. The van der Waals surface area contributed by atoms with E-state index in [9.17, 15) is 74.3 Å². The van der Waals surface area contributed by atoms with Crippen LogP contribution in [0.5, 0.6) is 0 Å². The molecular weight excluding hydrogens is 1120 g/mol. The summed E-state index contributed by atoms with van der Waals surface area (Å²) in [6.45, 7) is 2.54. The molecule has 3 heterocycles. The number of esters is 2. The van der Waals surface area contributed by atoms with Gasteiger partial charge in [-0.15, -0.1) is 0 Å². The predicted molar refractivity (Wildman–Crippen MR) is 292 cm³/mol. The number of amides is 3. The highest BCUT2D eigenvalue weighted by Crippen LogP contribution is 2.43. The normalized spacial score (nSPS) is 29.4. The Bertz CT molecular complexity index is 1940. The highest BCUT2D eigenvalue weighted by Gasteiger charge is 2.54. The summed E-state index contributed by atoms with van der Waals surface area (Å²) in [5.74, 6) is -2.69. The Hall–Kier alpha value is -3.36. The zero-order chi connectivity index (χ0) is 61.3. The molecule has 7 unspecified atom stereocenters. The lowest BCUT2D eigenvalue weighted by atomic mass is 9.95. The second kappa shape index (κ2) is 40.9. The van der Waals surface area contributed by atoms with Gasteiger partial charge in [0.1, 0.15) is 73.7 Å². The van der Waals surface area contributed by atoms with Crippen LogP contribution in [0.2, 0.25) is 0 Å². The number of ether oxygens (including phenoxy) is 8. The SMILES string of the molecule is CCCCCCCC/C=C/CCCCCCCC(=O)OCC(COP(=O)(O)OCCNC(=O)CCCCC(=O)NCCCO[C@@H]1OC(CO)C(O)C(O[C@H]2O[C@H](CO)[C@H](O)C(O)C2NC(C)=O)[C@H]1O[C@@H]1O[C@@H](C)[C@@H](O)[C@@H](O)[C@@H]1O)OC(C)=O. The van der Waals surface area contributed by atoms with Crippen LogP contribution in [0, 0.1) is 0 Å². The van der Waals surface area contributed by atoms with Gasteiger partial charge in [0.2, 0.25) is 17.7 Å². The maximum Gasteiger partial charge on any atom is 0.472 e. The van der Waals surface area contributed by atoms with Crippen molar-refractivity contribution < 1.29 is 121 Å². The minimum Gasteiger partial charge on any atom is -0.462 e. The van der Waals surface area contributed by atoms with Crippen LogP contribution >= 0.6 is 7.82 Å². The van der Waals surface area contributed by atoms with Gasteiger partial charge < -0.3 is 99.6 Å². The van der Waals surface area contributed by atoms with Crippen molar-refractivity contribution in [1.29, 1.82) is 0 Å². The number of hydrogen-bond donors (Lipinski definition) is 12.